The summed E-state index contributed by atoms with van der Waals surface area (Å²) in [5.74, 6) is 1.57. The molecule has 1 aromatic carbocycles. The summed E-state index contributed by atoms with van der Waals surface area (Å²) < 4.78 is 10.3. The largest absolute Gasteiger partial charge is 0.472 e. The molecule has 2 aromatic heterocycles. The van der Waals surface area contributed by atoms with Crippen LogP contribution in [-0.2, 0) is 6.54 Å². The van der Waals surface area contributed by atoms with Crippen molar-refractivity contribution in [2.24, 2.45) is 5.92 Å². The van der Waals surface area contributed by atoms with Gasteiger partial charge in [0.2, 0.25) is 0 Å². The molecule has 0 saturated heterocycles. The van der Waals surface area contributed by atoms with Crippen LogP contribution in [0.15, 0.2) is 51.8 Å². The molecule has 2 heterocycles. The van der Waals surface area contributed by atoms with Crippen molar-refractivity contribution >= 4 is 0 Å². The van der Waals surface area contributed by atoms with Crippen LogP contribution in [0.1, 0.15) is 36.8 Å². The Hall–Kier alpha value is -2.40. The fourth-order valence-electron chi connectivity index (χ4n) is 2.67. The average molecular weight is 311 g/mol. The molecule has 23 heavy (non-hydrogen) atoms. The lowest BCUT2D eigenvalue weighted by molar-refractivity contribution is 0.387. The molecule has 5 nitrogen and oxygen atoms in total. The molecule has 0 fully saturated rings. The number of nitrogens with one attached hydrogen (secondary N) is 1. The molecule has 0 bridgehead atoms. The summed E-state index contributed by atoms with van der Waals surface area (Å²) in [4.78, 5) is 4.40. The Morgan fingerprint density at radius 3 is 2.70 bits per heavy atom. The van der Waals surface area contributed by atoms with Crippen molar-refractivity contribution in [3.8, 4) is 11.5 Å². The summed E-state index contributed by atoms with van der Waals surface area (Å²) in [6.07, 6.45) is 3.18. The molecule has 0 aliphatic rings. The zero-order valence-electron chi connectivity index (χ0n) is 13.6. The predicted molar refractivity (Wildman–Crippen MR) is 87.6 cm³/mol. The maximum atomic E-state index is 5.27. The van der Waals surface area contributed by atoms with E-state index in [1.165, 1.54) is 11.1 Å². The molecule has 120 valence electrons. The molecule has 0 aliphatic carbocycles. The number of hydrogen-bond donors (Lipinski definition) is 1. The summed E-state index contributed by atoms with van der Waals surface area (Å²) >= 11 is 0. The quantitative estimate of drug-likeness (QED) is 0.741. The van der Waals surface area contributed by atoms with Crippen LogP contribution in [-0.4, -0.2) is 10.1 Å². The van der Waals surface area contributed by atoms with Gasteiger partial charge in [0.25, 0.3) is 5.89 Å². The standard InChI is InChI=1S/C18H21N3O2/c1-12(2)17(15-7-5-4-6-13(15)3)19-10-16-20-18(23-21-16)14-8-9-22-11-14/h4-9,11-12,17,19H,10H2,1-3H3. The minimum atomic E-state index is 0.243. The van der Waals surface area contributed by atoms with E-state index >= 15 is 0 Å². The van der Waals surface area contributed by atoms with Gasteiger partial charge in [-0.25, -0.2) is 0 Å². The van der Waals surface area contributed by atoms with E-state index < -0.39 is 0 Å². The Balaban J connectivity index is 1.72. The molecular formula is C18H21N3O2. The number of hydrogen-bond acceptors (Lipinski definition) is 5. The maximum absolute atomic E-state index is 5.27. The van der Waals surface area contributed by atoms with Crippen LogP contribution in [0.25, 0.3) is 11.5 Å². The lowest BCUT2D eigenvalue weighted by atomic mass is 9.92. The molecular weight excluding hydrogens is 290 g/mol. The zero-order chi connectivity index (χ0) is 16.2. The van der Waals surface area contributed by atoms with Gasteiger partial charge in [-0.3, -0.25) is 0 Å². The van der Waals surface area contributed by atoms with Gasteiger partial charge in [-0.15, -0.1) is 0 Å². The smallest absolute Gasteiger partial charge is 0.261 e. The minimum absolute atomic E-state index is 0.243. The second-order valence-electron chi connectivity index (χ2n) is 5.99. The van der Waals surface area contributed by atoms with Crippen molar-refractivity contribution in [2.45, 2.75) is 33.4 Å². The van der Waals surface area contributed by atoms with Crippen LogP contribution in [0.2, 0.25) is 0 Å². The van der Waals surface area contributed by atoms with Crippen LogP contribution in [0, 0.1) is 12.8 Å². The number of nitrogens with zero attached hydrogens (tertiary/aromatic N) is 2. The van der Waals surface area contributed by atoms with Crippen LogP contribution in [0.3, 0.4) is 0 Å². The van der Waals surface area contributed by atoms with Gasteiger partial charge in [-0.05, 0) is 30.0 Å². The summed E-state index contributed by atoms with van der Waals surface area (Å²) in [6, 6.07) is 10.5. The number of aryl methyl sites for hydroxylation is 1. The van der Waals surface area contributed by atoms with Crippen molar-refractivity contribution < 1.29 is 8.94 Å². The lowest BCUT2D eigenvalue weighted by Gasteiger charge is -2.24. The van der Waals surface area contributed by atoms with Crippen molar-refractivity contribution in [1.82, 2.24) is 15.5 Å². The Morgan fingerprint density at radius 1 is 1.17 bits per heavy atom. The van der Waals surface area contributed by atoms with Gasteiger partial charge in [0.1, 0.15) is 6.26 Å². The van der Waals surface area contributed by atoms with E-state index in [4.69, 9.17) is 8.94 Å². The van der Waals surface area contributed by atoms with E-state index in [0.717, 1.165) is 5.56 Å². The van der Waals surface area contributed by atoms with Crippen LogP contribution < -0.4 is 5.32 Å². The van der Waals surface area contributed by atoms with E-state index in [9.17, 15) is 0 Å². The molecule has 0 spiro atoms. The third kappa shape index (κ3) is 3.51. The van der Waals surface area contributed by atoms with Gasteiger partial charge in [0, 0.05) is 6.04 Å². The first-order valence-corrected chi connectivity index (χ1v) is 7.79. The van der Waals surface area contributed by atoms with Gasteiger partial charge < -0.3 is 14.3 Å². The maximum Gasteiger partial charge on any atom is 0.261 e. The summed E-state index contributed by atoms with van der Waals surface area (Å²) in [5, 5.41) is 7.57. The average Bonchev–Trinajstić information content (AvgIpc) is 3.19. The highest BCUT2D eigenvalue weighted by Gasteiger charge is 2.18. The molecule has 0 saturated carbocycles. The second kappa shape index (κ2) is 6.79. The molecule has 3 rings (SSSR count). The molecule has 0 aliphatic heterocycles. The lowest BCUT2D eigenvalue weighted by Crippen LogP contribution is -2.26. The second-order valence-corrected chi connectivity index (χ2v) is 5.99. The van der Waals surface area contributed by atoms with E-state index in [-0.39, 0.29) is 6.04 Å². The highest BCUT2D eigenvalue weighted by atomic mass is 16.5. The SMILES string of the molecule is Cc1ccccc1C(NCc1noc(-c2ccoc2)n1)C(C)C. The predicted octanol–water partition coefficient (Wildman–Crippen LogP) is 4.12. The molecule has 0 amide bonds. The summed E-state index contributed by atoms with van der Waals surface area (Å²) in [6.45, 7) is 7.10. The highest BCUT2D eigenvalue weighted by Crippen LogP contribution is 2.25. The van der Waals surface area contributed by atoms with Crippen molar-refractivity contribution in [3.63, 3.8) is 0 Å². The van der Waals surface area contributed by atoms with E-state index in [2.05, 4.69) is 60.5 Å². The third-order valence-corrected chi connectivity index (χ3v) is 3.91. The number of aromatic nitrogens is 2. The van der Waals surface area contributed by atoms with Crippen LogP contribution in [0.5, 0.6) is 0 Å². The topological polar surface area (TPSA) is 64.1 Å². The number of furan rings is 1. The Labute approximate surface area is 135 Å². The van der Waals surface area contributed by atoms with Gasteiger partial charge in [0.05, 0.1) is 18.4 Å². The first kappa shape index (κ1) is 15.5. The first-order chi connectivity index (χ1) is 11.1. The van der Waals surface area contributed by atoms with E-state index in [1.54, 1.807) is 18.6 Å². The van der Waals surface area contributed by atoms with Gasteiger partial charge in [-0.2, -0.15) is 4.98 Å². The van der Waals surface area contributed by atoms with Crippen molar-refractivity contribution in [3.05, 3.63) is 59.8 Å². The first-order valence-electron chi connectivity index (χ1n) is 7.79. The summed E-state index contributed by atoms with van der Waals surface area (Å²) in [5.41, 5.74) is 3.38. The summed E-state index contributed by atoms with van der Waals surface area (Å²) in [7, 11) is 0. The fourth-order valence-corrected chi connectivity index (χ4v) is 2.67. The molecule has 1 atom stereocenters. The van der Waals surface area contributed by atoms with E-state index in [1.807, 2.05) is 0 Å². The van der Waals surface area contributed by atoms with E-state index in [0.29, 0.717) is 24.2 Å². The van der Waals surface area contributed by atoms with Crippen molar-refractivity contribution in [2.75, 3.05) is 0 Å². The van der Waals surface area contributed by atoms with Gasteiger partial charge in [0.15, 0.2) is 5.82 Å². The van der Waals surface area contributed by atoms with Gasteiger partial charge >= 0.3 is 0 Å². The zero-order valence-corrected chi connectivity index (χ0v) is 13.6. The highest BCUT2D eigenvalue weighted by molar-refractivity contribution is 5.49. The van der Waals surface area contributed by atoms with Crippen LogP contribution >= 0.6 is 0 Å². The molecule has 3 aromatic rings. The van der Waals surface area contributed by atoms with Gasteiger partial charge in [-0.1, -0.05) is 43.3 Å². The Morgan fingerprint density at radius 2 is 2.00 bits per heavy atom. The Bertz CT molecular complexity index is 747. The molecule has 1 N–H and O–H groups in total. The van der Waals surface area contributed by atoms with Crippen molar-refractivity contribution in [1.29, 1.82) is 0 Å². The van der Waals surface area contributed by atoms with Crippen LogP contribution in [0.4, 0.5) is 0 Å². The third-order valence-electron chi connectivity index (χ3n) is 3.91. The number of rotatable bonds is 6. The molecule has 0 radical (unpaired) electrons. The monoisotopic (exact) mass is 311 g/mol. The minimum Gasteiger partial charge on any atom is -0.472 e. The molecule has 5 heteroatoms. The number of benzene rings is 1. The molecule has 1 unspecified atom stereocenters. The Kier molecular flexibility index (Phi) is 4.57. The fraction of sp³-hybridized carbons (Fsp3) is 0.333. The normalized spacial score (nSPS) is 12.7.